The van der Waals surface area contributed by atoms with Gasteiger partial charge in [0.2, 0.25) is 11.7 Å². The molecule has 7 heteroatoms. The number of hydrogen-bond donors (Lipinski definition) is 1. The quantitative estimate of drug-likeness (QED) is 0.788. The first kappa shape index (κ1) is 17.1. The lowest BCUT2D eigenvalue weighted by Gasteiger charge is -2.24. The van der Waals surface area contributed by atoms with E-state index in [4.69, 9.17) is 4.74 Å². The van der Waals surface area contributed by atoms with Crippen LogP contribution in [0.1, 0.15) is 12.5 Å². The fourth-order valence-corrected chi connectivity index (χ4v) is 4.84. The van der Waals surface area contributed by atoms with Gasteiger partial charge in [0.05, 0.1) is 12.5 Å². The molecule has 24 heavy (non-hydrogen) atoms. The average Bonchev–Trinajstić information content (AvgIpc) is 3.00. The van der Waals surface area contributed by atoms with Gasteiger partial charge in [-0.3, -0.25) is 4.79 Å². The van der Waals surface area contributed by atoms with Gasteiger partial charge in [-0.15, -0.1) is 11.8 Å². The number of thioether (sulfide) groups is 2. The van der Waals surface area contributed by atoms with Gasteiger partial charge in [-0.05, 0) is 23.5 Å². The molecule has 0 radical (unpaired) electrons. The molecule has 126 valence electrons. The summed E-state index contributed by atoms with van der Waals surface area (Å²) in [6.45, 7) is 1.98. The maximum atomic E-state index is 12.4. The third kappa shape index (κ3) is 3.84. The summed E-state index contributed by atoms with van der Waals surface area (Å²) in [6.07, 6.45) is 0. The molecule has 0 fully saturated rings. The Bertz CT molecular complexity index is 688. The summed E-state index contributed by atoms with van der Waals surface area (Å²) in [5, 5.41) is 4.33. The minimum absolute atomic E-state index is 0.0159. The van der Waals surface area contributed by atoms with Crippen LogP contribution in [0.2, 0.25) is 0 Å². The minimum atomic E-state index is -0.572. The van der Waals surface area contributed by atoms with E-state index in [-0.39, 0.29) is 29.6 Å². The maximum Gasteiger partial charge on any atom is 0.374 e. The Morgan fingerprint density at radius 1 is 1.33 bits per heavy atom. The second-order valence-electron chi connectivity index (χ2n) is 5.36. The van der Waals surface area contributed by atoms with Crippen molar-refractivity contribution in [2.45, 2.75) is 18.1 Å². The number of amides is 1. The molecule has 2 unspecified atom stereocenters. The number of ether oxygens (including phenoxy) is 1. The van der Waals surface area contributed by atoms with E-state index in [1.54, 1.807) is 18.7 Å². The molecule has 2 atom stereocenters. The van der Waals surface area contributed by atoms with Gasteiger partial charge in [0.25, 0.3) is 0 Å². The standard InChI is InChI=1S/C17H18N2O3S2/c1-2-22-17(21)14-18-15(20)13-12(10-24-16(13)19-14)9-23-8-11-6-4-3-5-7-11/h3-7,10,13,16H,2,8-9H2,1H3,(H,18,19,20). The maximum absolute atomic E-state index is 12.4. The molecule has 0 aliphatic carbocycles. The van der Waals surface area contributed by atoms with Gasteiger partial charge in [0, 0.05) is 11.5 Å². The zero-order valence-corrected chi connectivity index (χ0v) is 14.9. The van der Waals surface area contributed by atoms with Crippen molar-refractivity contribution in [3.8, 4) is 0 Å². The topological polar surface area (TPSA) is 67.8 Å². The molecule has 2 aliphatic heterocycles. The summed E-state index contributed by atoms with van der Waals surface area (Å²) < 4.78 is 4.90. The largest absolute Gasteiger partial charge is 0.460 e. The molecule has 0 spiro atoms. The number of carbonyl (C=O) groups excluding carboxylic acids is 2. The van der Waals surface area contributed by atoms with Gasteiger partial charge in [-0.1, -0.05) is 30.3 Å². The van der Waals surface area contributed by atoms with Crippen molar-refractivity contribution in [1.29, 1.82) is 0 Å². The lowest BCUT2D eigenvalue weighted by atomic mass is 10.00. The number of fused-ring (bicyclic) bond motifs is 1. The average molecular weight is 362 g/mol. The zero-order valence-electron chi connectivity index (χ0n) is 13.2. The first-order chi connectivity index (χ1) is 11.7. The van der Waals surface area contributed by atoms with Crippen LogP contribution in [-0.4, -0.2) is 35.4 Å². The van der Waals surface area contributed by atoms with Crippen LogP contribution in [0.3, 0.4) is 0 Å². The summed E-state index contributed by atoms with van der Waals surface area (Å²) in [6, 6.07) is 10.2. The molecule has 3 rings (SSSR count). The number of nitrogens with zero attached hydrogens (tertiary/aromatic N) is 1. The van der Waals surface area contributed by atoms with E-state index < -0.39 is 5.97 Å². The highest BCUT2D eigenvalue weighted by atomic mass is 32.2. The highest BCUT2D eigenvalue weighted by Gasteiger charge is 2.41. The van der Waals surface area contributed by atoms with Crippen LogP contribution in [-0.2, 0) is 20.1 Å². The SMILES string of the molecule is CCOC(=O)C1=NC2SC=C(CSCc3ccccc3)C2C(=O)N1. The molecule has 0 bridgehead atoms. The Balaban J connectivity index is 1.59. The predicted molar refractivity (Wildman–Crippen MR) is 97.8 cm³/mol. The van der Waals surface area contributed by atoms with Crippen LogP contribution in [0.4, 0.5) is 0 Å². The van der Waals surface area contributed by atoms with Gasteiger partial charge in [0.15, 0.2) is 0 Å². The van der Waals surface area contributed by atoms with E-state index in [0.29, 0.717) is 0 Å². The van der Waals surface area contributed by atoms with E-state index in [0.717, 1.165) is 17.1 Å². The number of carbonyl (C=O) groups is 2. The lowest BCUT2D eigenvalue weighted by molar-refractivity contribution is -0.136. The fourth-order valence-electron chi connectivity index (χ4n) is 2.54. The Hall–Kier alpha value is -1.73. The van der Waals surface area contributed by atoms with E-state index in [2.05, 4.69) is 22.4 Å². The van der Waals surface area contributed by atoms with E-state index in [1.165, 1.54) is 17.3 Å². The predicted octanol–water partition coefficient (Wildman–Crippen LogP) is 2.58. The minimum Gasteiger partial charge on any atom is -0.460 e. The Labute approximate surface area is 149 Å². The van der Waals surface area contributed by atoms with Crippen molar-refractivity contribution in [3.63, 3.8) is 0 Å². The van der Waals surface area contributed by atoms with E-state index in [9.17, 15) is 9.59 Å². The molecule has 2 aliphatic rings. The molecule has 0 saturated carbocycles. The Morgan fingerprint density at radius 3 is 2.88 bits per heavy atom. The van der Waals surface area contributed by atoms with Crippen molar-refractivity contribution >= 4 is 41.2 Å². The number of rotatable bonds is 6. The van der Waals surface area contributed by atoms with Crippen molar-refractivity contribution in [1.82, 2.24) is 5.32 Å². The van der Waals surface area contributed by atoms with Crippen LogP contribution in [0.5, 0.6) is 0 Å². The number of hydrogen-bond acceptors (Lipinski definition) is 6. The molecule has 0 aromatic heterocycles. The van der Waals surface area contributed by atoms with Crippen LogP contribution >= 0.6 is 23.5 Å². The summed E-state index contributed by atoms with van der Waals surface area (Å²) in [5.74, 6) is 0.657. The molecule has 1 N–H and O–H groups in total. The second kappa shape index (κ2) is 7.90. The molecule has 1 amide bonds. The Morgan fingerprint density at radius 2 is 2.12 bits per heavy atom. The number of aliphatic imine (C=N–C) groups is 1. The normalized spacial score (nSPS) is 22.3. The number of amidine groups is 1. The van der Waals surface area contributed by atoms with Crippen LogP contribution in [0.15, 0.2) is 46.3 Å². The molecule has 1 aromatic carbocycles. The molecule has 0 saturated heterocycles. The highest BCUT2D eigenvalue weighted by molar-refractivity contribution is 8.03. The van der Waals surface area contributed by atoms with Gasteiger partial charge in [-0.2, -0.15) is 11.8 Å². The highest BCUT2D eigenvalue weighted by Crippen LogP contribution is 2.40. The smallest absolute Gasteiger partial charge is 0.374 e. The van der Waals surface area contributed by atoms with Crippen LogP contribution < -0.4 is 5.32 Å². The summed E-state index contributed by atoms with van der Waals surface area (Å²) in [4.78, 5) is 28.5. The van der Waals surface area contributed by atoms with Gasteiger partial charge < -0.3 is 10.1 Å². The van der Waals surface area contributed by atoms with Crippen LogP contribution in [0.25, 0.3) is 0 Å². The number of nitrogens with one attached hydrogen (secondary N) is 1. The molecule has 2 heterocycles. The third-order valence-electron chi connectivity index (χ3n) is 3.67. The van der Waals surface area contributed by atoms with Crippen molar-refractivity contribution in [2.24, 2.45) is 10.9 Å². The van der Waals surface area contributed by atoms with Gasteiger partial charge in [0.1, 0.15) is 5.37 Å². The van der Waals surface area contributed by atoms with E-state index >= 15 is 0 Å². The first-order valence-corrected chi connectivity index (χ1v) is 9.80. The van der Waals surface area contributed by atoms with E-state index in [1.807, 2.05) is 23.6 Å². The van der Waals surface area contributed by atoms with Crippen LogP contribution in [0, 0.1) is 5.92 Å². The molecule has 1 aromatic rings. The molecular weight excluding hydrogens is 344 g/mol. The monoisotopic (exact) mass is 362 g/mol. The Kier molecular flexibility index (Phi) is 5.63. The number of esters is 1. The van der Waals surface area contributed by atoms with Crippen molar-refractivity contribution in [3.05, 3.63) is 46.9 Å². The van der Waals surface area contributed by atoms with Gasteiger partial charge >= 0.3 is 5.97 Å². The summed E-state index contributed by atoms with van der Waals surface area (Å²) in [7, 11) is 0. The van der Waals surface area contributed by atoms with Gasteiger partial charge in [-0.25, -0.2) is 9.79 Å². The zero-order chi connectivity index (χ0) is 16.9. The molecule has 5 nitrogen and oxygen atoms in total. The fraction of sp³-hybridized carbons (Fsp3) is 0.353. The second-order valence-corrected chi connectivity index (χ2v) is 7.34. The van der Waals surface area contributed by atoms with Crippen molar-refractivity contribution in [2.75, 3.05) is 12.4 Å². The number of benzene rings is 1. The summed E-state index contributed by atoms with van der Waals surface area (Å²) >= 11 is 3.27. The third-order valence-corrected chi connectivity index (χ3v) is 5.84. The van der Waals surface area contributed by atoms with Crippen molar-refractivity contribution < 1.29 is 14.3 Å². The molecular formula is C17H18N2O3S2. The lowest BCUT2D eigenvalue weighted by Crippen LogP contribution is -2.48. The first-order valence-electron chi connectivity index (χ1n) is 7.71. The summed E-state index contributed by atoms with van der Waals surface area (Å²) in [5.41, 5.74) is 2.33.